The number of fused-ring (bicyclic) bond motifs is 1. The van der Waals surface area contributed by atoms with Crippen LogP contribution in [0.3, 0.4) is 0 Å². The highest BCUT2D eigenvalue weighted by Gasteiger charge is 2.38. The van der Waals surface area contributed by atoms with Gasteiger partial charge in [-0.1, -0.05) is 47.9 Å². The normalized spacial score (nSPS) is 20.8. The van der Waals surface area contributed by atoms with Crippen LogP contribution in [0, 0.1) is 0 Å². The zero-order chi connectivity index (χ0) is 15.9. The third-order valence-corrected chi connectivity index (χ3v) is 6.00. The van der Waals surface area contributed by atoms with Crippen molar-refractivity contribution in [3.63, 3.8) is 0 Å². The molecule has 22 heavy (non-hydrogen) atoms. The first kappa shape index (κ1) is 15.4. The second-order valence-electron chi connectivity index (χ2n) is 4.58. The number of anilines is 1. The van der Waals surface area contributed by atoms with Gasteiger partial charge in [0, 0.05) is 11.4 Å². The first-order chi connectivity index (χ1) is 10.5. The molecule has 0 atom stereocenters. The highest BCUT2D eigenvalue weighted by molar-refractivity contribution is 8.27. The largest absolute Gasteiger partial charge is 0.548 e. The Morgan fingerprint density at radius 3 is 2.68 bits per heavy atom. The van der Waals surface area contributed by atoms with Crippen molar-refractivity contribution in [1.82, 2.24) is 4.90 Å². The average molecular weight is 351 g/mol. The van der Waals surface area contributed by atoms with Crippen LogP contribution in [-0.4, -0.2) is 34.2 Å². The monoisotopic (exact) mass is 351 g/mol. The van der Waals surface area contributed by atoms with Gasteiger partial charge in [-0.15, -0.1) is 0 Å². The van der Waals surface area contributed by atoms with E-state index >= 15 is 0 Å². The van der Waals surface area contributed by atoms with Gasteiger partial charge < -0.3 is 14.8 Å². The molecular weight excluding hydrogens is 340 g/mol. The van der Waals surface area contributed by atoms with Crippen molar-refractivity contribution in [2.75, 3.05) is 18.0 Å². The Kier molecular flexibility index (Phi) is 4.16. The lowest BCUT2D eigenvalue weighted by atomic mass is 10.3. The summed E-state index contributed by atoms with van der Waals surface area (Å²) >= 11 is 7.78. The predicted octanol–water partition coefficient (Wildman–Crippen LogP) is 1.40. The molecule has 2 aliphatic rings. The van der Waals surface area contributed by atoms with Crippen LogP contribution in [0.4, 0.5) is 5.69 Å². The first-order valence-corrected chi connectivity index (χ1v) is 8.59. The van der Waals surface area contributed by atoms with Crippen molar-refractivity contribution < 1.29 is 14.7 Å². The number of nitrogens with zero attached hydrogens (tertiary/aromatic N) is 2. The SMILES string of the molecule is CCN1/C(=C2\SC(=S)N(CC(=O)[O-])C2=O)Sc2ccccc21. The molecule has 2 heterocycles. The van der Waals surface area contributed by atoms with E-state index in [4.69, 9.17) is 12.2 Å². The third-order valence-electron chi connectivity index (χ3n) is 3.25. The van der Waals surface area contributed by atoms with Gasteiger partial charge in [-0.05, 0) is 19.1 Å². The number of para-hydroxylation sites is 1. The van der Waals surface area contributed by atoms with E-state index in [2.05, 4.69) is 0 Å². The van der Waals surface area contributed by atoms with E-state index in [1.807, 2.05) is 36.1 Å². The van der Waals surface area contributed by atoms with Gasteiger partial charge in [0.25, 0.3) is 5.91 Å². The number of hydrogen-bond acceptors (Lipinski definition) is 7. The molecule has 1 aromatic carbocycles. The molecule has 0 radical (unpaired) electrons. The summed E-state index contributed by atoms with van der Waals surface area (Å²) in [6, 6.07) is 7.90. The van der Waals surface area contributed by atoms with E-state index in [-0.39, 0.29) is 10.2 Å². The fourth-order valence-corrected chi connectivity index (χ4v) is 4.94. The van der Waals surface area contributed by atoms with Crippen LogP contribution in [0.15, 0.2) is 39.1 Å². The summed E-state index contributed by atoms with van der Waals surface area (Å²) in [6.45, 7) is 2.21. The summed E-state index contributed by atoms with van der Waals surface area (Å²) in [5.74, 6) is -1.69. The van der Waals surface area contributed by atoms with Crippen molar-refractivity contribution in [3.8, 4) is 0 Å². The summed E-state index contributed by atoms with van der Waals surface area (Å²) in [5, 5.41) is 11.6. The van der Waals surface area contributed by atoms with Crippen LogP contribution >= 0.6 is 35.7 Å². The van der Waals surface area contributed by atoms with Gasteiger partial charge in [0.1, 0.15) is 14.3 Å². The maximum absolute atomic E-state index is 12.5. The molecule has 114 valence electrons. The zero-order valence-electron chi connectivity index (χ0n) is 11.6. The molecule has 1 aromatic rings. The van der Waals surface area contributed by atoms with E-state index < -0.39 is 12.5 Å². The van der Waals surface area contributed by atoms with Crippen molar-refractivity contribution in [2.24, 2.45) is 0 Å². The van der Waals surface area contributed by atoms with Gasteiger partial charge in [-0.2, -0.15) is 0 Å². The lowest BCUT2D eigenvalue weighted by Crippen LogP contribution is -2.40. The minimum Gasteiger partial charge on any atom is -0.548 e. The fourth-order valence-electron chi connectivity index (χ4n) is 2.31. The van der Waals surface area contributed by atoms with Crippen LogP contribution in [0.5, 0.6) is 0 Å². The lowest BCUT2D eigenvalue weighted by Gasteiger charge is -2.19. The van der Waals surface area contributed by atoms with E-state index in [1.165, 1.54) is 11.8 Å². The molecule has 0 aliphatic carbocycles. The van der Waals surface area contributed by atoms with Crippen LogP contribution in [-0.2, 0) is 9.59 Å². The number of carboxylic acid groups (broad SMARTS) is 1. The molecular formula is C14H11N2O3S3-. The maximum Gasteiger partial charge on any atom is 0.269 e. The van der Waals surface area contributed by atoms with E-state index in [1.54, 1.807) is 0 Å². The molecule has 0 bridgehead atoms. The van der Waals surface area contributed by atoms with Gasteiger partial charge in [0.15, 0.2) is 0 Å². The number of hydrogen-bond donors (Lipinski definition) is 0. The van der Waals surface area contributed by atoms with Crippen LogP contribution in [0.25, 0.3) is 0 Å². The molecule has 0 unspecified atom stereocenters. The van der Waals surface area contributed by atoms with Crippen molar-refractivity contribution >= 4 is 57.6 Å². The van der Waals surface area contributed by atoms with Crippen LogP contribution in [0.2, 0.25) is 0 Å². The number of rotatable bonds is 3. The number of aliphatic carboxylic acids is 1. The Balaban J connectivity index is 2.00. The number of thioether (sulfide) groups is 2. The number of thiocarbonyl (C=S) groups is 1. The molecule has 0 spiro atoms. The molecule has 1 amide bonds. The molecule has 0 N–H and O–H groups in total. The molecule has 0 aromatic heterocycles. The fraction of sp³-hybridized carbons (Fsp3) is 0.214. The Hall–Kier alpha value is -1.51. The van der Waals surface area contributed by atoms with Gasteiger partial charge in [0.05, 0.1) is 18.2 Å². The highest BCUT2D eigenvalue weighted by atomic mass is 32.2. The molecule has 0 saturated carbocycles. The zero-order valence-corrected chi connectivity index (χ0v) is 14.0. The Morgan fingerprint density at radius 1 is 1.27 bits per heavy atom. The smallest absolute Gasteiger partial charge is 0.269 e. The number of carbonyl (C=O) groups is 2. The number of carbonyl (C=O) groups excluding carboxylic acids is 2. The Morgan fingerprint density at radius 2 is 2.00 bits per heavy atom. The third kappa shape index (κ3) is 2.51. The maximum atomic E-state index is 12.5. The summed E-state index contributed by atoms with van der Waals surface area (Å²) in [7, 11) is 0. The van der Waals surface area contributed by atoms with Crippen LogP contribution in [0.1, 0.15) is 6.92 Å². The lowest BCUT2D eigenvalue weighted by molar-refractivity contribution is -0.305. The molecule has 8 heteroatoms. The standard InChI is InChI=1S/C14H12N2O3S3/c1-2-15-8-5-3-4-6-9(8)21-13(15)11-12(19)16(7-10(17)18)14(20)22-11/h3-6H,2,7H2,1H3,(H,17,18)/p-1/b13-11+. The predicted molar refractivity (Wildman–Crippen MR) is 89.3 cm³/mol. The van der Waals surface area contributed by atoms with Gasteiger partial charge in [0.2, 0.25) is 0 Å². The Labute approximate surface area is 141 Å². The van der Waals surface area contributed by atoms with Crippen LogP contribution < -0.4 is 10.0 Å². The highest BCUT2D eigenvalue weighted by Crippen LogP contribution is 2.50. The number of carboxylic acids is 1. The second-order valence-corrected chi connectivity index (χ2v) is 7.25. The van der Waals surface area contributed by atoms with Gasteiger partial charge >= 0.3 is 0 Å². The molecule has 3 rings (SSSR count). The average Bonchev–Trinajstić information content (AvgIpc) is 2.98. The summed E-state index contributed by atoms with van der Waals surface area (Å²) in [6.07, 6.45) is 0. The first-order valence-electron chi connectivity index (χ1n) is 6.55. The molecule has 2 aliphatic heterocycles. The van der Waals surface area contributed by atoms with Crippen molar-refractivity contribution in [2.45, 2.75) is 11.8 Å². The number of amides is 1. The topological polar surface area (TPSA) is 63.7 Å². The minimum atomic E-state index is -1.32. The summed E-state index contributed by atoms with van der Waals surface area (Å²) in [4.78, 5) is 27.9. The van der Waals surface area contributed by atoms with E-state index in [0.717, 1.165) is 32.3 Å². The minimum absolute atomic E-state index is 0.254. The summed E-state index contributed by atoms with van der Waals surface area (Å²) < 4.78 is 0.254. The molecule has 1 saturated heterocycles. The summed E-state index contributed by atoms with van der Waals surface area (Å²) in [5.41, 5.74) is 1.05. The van der Waals surface area contributed by atoms with Crippen molar-refractivity contribution in [1.29, 1.82) is 0 Å². The number of benzene rings is 1. The quantitative estimate of drug-likeness (QED) is 0.602. The van der Waals surface area contributed by atoms with Gasteiger partial charge in [-0.25, -0.2) is 0 Å². The second kappa shape index (κ2) is 5.94. The van der Waals surface area contributed by atoms with E-state index in [9.17, 15) is 14.7 Å². The Bertz CT molecular complexity index is 717. The molecule has 5 nitrogen and oxygen atoms in total. The van der Waals surface area contributed by atoms with Gasteiger partial charge in [-0.3, -0.25) is 9.69 Å². The van der Waals surface area contributed by atoms with E-state index in [0.29, 0.717) is 11.4 Å². The van der Waals surface area contributed by atoms with Crippen molar-refractivity contribution in [3.05, 3.63) is 34.2 Å². The molecule has 1 fully saturated rings.